The SMILES string of the molecule is NC(N)=[N+]1CCC[C@H]1c1nc(-c2ccc(OCCCc3ccc(Cl)c(Cl)c3)c(C(F)(F)F)c2)no1. The van der Waals surface area contributed by atoms with Crippen LogP contribution in [0.25, 0.3) is 11.4 Å². The molecule has 1 aliphatic heterocycles. The van der Waals surface area contributed by atoms with Gasteiger partial charge in [-0.15, -0.1) is 0 Å². The van der Waals surface area contributed by atoms with E-state index >= 15 is 0 Å². The molecule has 2 aromatic carbocycles. The number of hydrogen-bond donors (Lipinski definition) is 2. The van der Waals surface area contributed by atoms with Crippen LogP contribution >= 0.6 is 23.2 Å². The molecule has 186 valence electrons. The third kappa shape index (κ3) is 5.82. The minimum atomic E-state index is -4.63. The van der Waals surface area contributed by atoms with E-state index in [0.717, 1.165) is 18.1 Å². The van der Waals surface area contributed by atoms with Crippen molar-refractivity contribution in [3.63, 3.8) is 0 Å². The summed E-state index contributed by atoms with van der Waals surface area (Å²) in [6.45, 7) is 0.726. The summed E-state index contributed by atoms with van der Waals surface area (Å²) >= 11 is 11.9. The van der Waals surface area contributed by atoms with Crippen molar-refractivity contribution in [3.8, 4) is 17.1 Å². The van der Waals surface area contributed by atoms with Crippen LogP contribution in [-0.4, -0.2) is 33.8 Å². The van der Waals surface area contributed by atoms with E-state index in [2.05, 4.69) is 10.1 Å². The molecule has 4 N–H and O–H groups in total. The van der Waals surface area contributed by atoms with Crippen molar-refractivity contribution < 1.29 is 27.0 Å². The first-order valence-corrected chi connectivity index (χ1v) is 11.7. The van der Waals surface area contributed by atoms with Gasteiger partial charge in [0.1, 0.15) is 5.75 Å². The van der Waals surface area contributed by atoms with Gasteiger partial charge in [0.25, 0.3) is 5.89 Å². The molecule has 0 amide bonds. The lowest BCUT2D eigenvalue weighted by atomic mass is 10.1. The Morgan fingerprint density at radius 3 is 2.66 bits per heavy atom. The Balaban J connectivity index is 1.48. The second kappa shape index (κ2) is 10.3. The van der Waals surface area contributed by atoms with Crippen molar-refractivity contribution in [2.75, 3.05) is 13.2 Å². The number of alkyl halides is 3. The first kappa shape index (κ1) is 25.1. The molecule has 0 unspecified atom stereocenters. The quantitative estimate of drug-likeness (QED) is 0.248. The van der Waals surface area contributed by atoms with Crippen LogP contribution in [0.3, 0.4) is 0 Å². The number of rotatable bonds is 7. The Labute approximate surface area is 209 Å². The van der Waals surface area contributed by atoms with Crippen LogP contribution in [-0.2, 0) is 12.6 Å². The predicted molar refractivity (Wildman–Crippen MR) is 125 cm³/mol. The van der Waals surface area contributed by atoms with Crippen molar-refractivity contribution in [1.29, 1.82) is 0 Å². The van der Waals surface area contributed by atoms with E-state index < -0.39 is 11.7 Å². The van der Waals surface area contributed by atoms with Crippen LogP contribution in [0.2, 0.25) is 10.0 Å². The number of nitrogens with two attached hydrogens (primary N) is 2. The summed E-state index contributed by atoms with van der Waals surface area (Å²) in [7, 11) is 0. The highest BCUT2D eigenvalue weighted by molar-refractivity contribution is 6.42. The van der Waals surface area contributed by atoms with Gasteiger partial charge in [-0.05, 0) is 61.6 Å². The summed E-state index contributed by atoms with van der Waals surface area (Å²) in [4.78, 5) is 4.30. The summed E-state index contributed by atoms with van der Waals surface area (Å²) < 4.78 is 53.9. The van der Waals surface area contributed by atoms with Crippen LogP contribution < -0.4 is 16.2 Å². The average Bonchev–Trinajstić information content (AvgIpc) is 3.48. The van der Waals surface area contributed by atoms with Gasteiger partial charge in [-0.3, -0.25) is 16.0 Å². The number of nitrogens with zero attached hydrogens (tertiary/aromatic N) is 3. The molecule has 7 nitrogen and oxygen atoms in total. The number of hydrogen-bond acceptors (Lipinski definition) is 4. The van der Waals surface area contributed by atoms with Gasteiger partial charge in [-0.25, -0.2) is 0 Å². The van der Waals surface area contributed by atoms with Gasteiger partial charge in [0, 0.05) is 5.56 Å². The van der Waals surface area contributed by atoms with Crippen LogP contribution in [0.1, 0.15) is 42.3 Å². The lowest BCUT2D eigenvalue weighted by Gasteiger charge is -2.15. The van der Waals surface area contributed by atoms with Crippen LogP contribution in [0, 0.1) is 0 Å². The number of ether oxygens (including phenoxy) is 1. The normalized spacial score (nSPS) is 16.0. The number of aromatic nitrogens is 2. The fraction of sp³-hybridized carbons (Fsp3) is 0.348. The molecule has 0 aliphatic carbocycles. The highest BCUT2D eigenvalue weighted by Crippen LogP contribution is 2.39. The smallest absolute Gasteiger partial charge is 0.419 e. The van der Waals surface area contributed by atoms with E-state index in [0.29, 0.717) is 35.9 Å². The van der Waals surface area contributed by atoms with Crippen LogP contribution in [0.4, 0.5) is 13.2 Å². The molecular formula is C23H23Cl2F3N5O2+. The summed E-state index contributed by atoms with van der Waals surface area (Å²) in [5.74, 6) is 0.153. The minimum absolute atomic E-state index is 0.0408. The van der Waals surface area contributed by atoms with Crippen LogP contribution in [0.5, 0.6) is 5.75 Å². The van der Waals surface area contributed by atoms with Crippen molar-refractivity contribution in [2.24, 2.45) is 11.5 Å². The lowest BCUT2D eigenvalue weighted by Crippen LogP contribution is -2.35. The van der Waals surface area contributed by atoms with E-state index in [1.165, 1.54) is 12.1 Å². The summed E-state index contributed by atoms with van der Waals surface area (Å²) in [5, 5.41) is 4.74. The maximum atomic E-state index is 13.8. The van der Waals surface area contributed by atoms with Gasteiger partial charge >= 0.3 is 12.1 Å². The molecule has 3 aromatic rings. The number of benzene rings is 2. The Bertz CT molecular complexity index is 1240. The number of halogens is 5. The predicted octanol–water partition coefficient (Wildman–Crippen LogP) is 5.19. The molecule has 1 fully saturated rings. The number of guanidine groups is 1. The molecular weight excluding hydrogens is 506 g/mol. The maximum absolute atomic E-state index is 13.8. The third-order valence-electron chi connectivity index (χ3n) is 5.71. The molecule has 0 radical (unpaired) electrons. The Morgan fingerprint density at radius 2 is 1.94 bits per heavy atom. The molecule has 1 saturated heterocycles. The van der Waals surface area contributed by atoms with E-state index in [4.69, 9.17) is 43.9 Å². The van der Waals surface area contributed by atoms with Crippen molar-refractivity contribution in [3.05, 3.63) is 63.5 Å². The zero-order valence-corrected chi connectivity index (χ0v) is 20.0. The standard InChI is InChI=1S/C23H22Cl2F3N5O2/c24-16-7-5-13(11-17(16)25)3-2-10-34-19-8-6-14(12-15(19)23(26,27)28)20-31-21(35-32-20)18-4-1-9-33(18)22(29)30/h5-8,11-12,18H,1-4,9-10H2,(H3,29,30)/p+1/t18-/m0/s1. The van der Waals surface area contributed by atoms with Gasteiger partial charge in [-0.1, -0.05) is 34.4 Å². The second-order valence-electron chi connectivity index (χ2n) is 8.14. The number of aryl methyl sites for hydroxylation is 1. The second-order valence-corrected chi connectivity index (χ2v) is 8.96. The lowest BCUT2D eigenvalue weighted by molar-refractivity contribution is -0.555. The van der Waals surface area contributed by atoms with Gasteiger partial charge in [-0.2, -0.15) is 18.2 Å². The Hall–Kier alpha value is -2.98. The van der Waals surface area contributed by atoms with Crippen molar-refractivity contribution >= 4 is 29.2 Å². The molecule has 1 atom stereocenters. The van der Waals surface area contributed by atoms with E-state index in [1.807, 2.05) is 6.07 Å². The molecule has 2 heterocycles. The minimum Gasteiger partial charge on any atom is -0.493 e. The largest absolute Gasteiger partial charge is 0.493 e. The van der Waals surface area contributed by atoms with Gasteiger partial charge in [0.05, 0.1) is 28.8 Å². The van der Waals surface area contributed by atoms with Gasteiger partial charge in [0.15, 0.2) is 6.04 Å². The molecule has 4 rings (SSSR count). The molecule has 1 aliphatic rings. The zero-order valence-electron chi connectivity index (χ0n) is 18.5. The molecule has 1 aromatic heterocycles. The molecule has 35 heavy (non-hydrogen) atoms. The first-order chi connectivity index (χ1) is 16.6. The summed E-state index contributed by atoms with van der Waals surface area (Å²) in [6.07, 6.45) is -2.04. The monoisotopic (exact) mass is 528 g/mol. The Kier molecular flexibility index (Phi) is 7.42. The van der Waals surface area contributed by atoms with Gasteiger partial charge in [0.2, 0.25) is 5.82 Å². The highest BCUT2D eigenvalue weighted by atomic mass is 35.5. The van der Waals surface area contributed by atoms with Crippen molar-refractivity contribution in [2.45, 2.75) is 37.9 Å². The summed E-state index contributed by atoms with van der Waals surface area (Å²) in [6, 6.07) is 8.60. The third-order valence-corrected chi connectivity index (χ3v) is 6.44. The topological polar surface area (TPSA) is 103 Å². The average molecular weight is 529 g/mol. The maximum Gasteiger partial charge on any atom is 0.419 e. The summed E-state index contributed by atoms with van der Waals surface area (Å²) in [5.41, 5.74) is 11.6. The Morgan fingerprint density at radius 1 is 1.14 bits per heavy atom. The zero-order chi connectivity index (χ0) is 25.2. The van der Waals surface area contributed by atoms with E-state index in [-0.39, 0.29) is 41.6 Å². The molecule has 0 bridgehead atoms. The first-order valence-electron chi connectivity index (χ1n) is 10.9. The van der Waals surface area contributed by atoms with Crippen molar-refractivity contribution in [1.82, 2.24) is 10.1 Å². The molecule has 0 saturated carbocycles. The van der Waals surface area contributed by atoms with Gasteiger partial charge < -0.3 is 9.26 Å². The molecule has 0 spiro atoms. The van der Waals surface area contributed by atoms with E-state index in [9.17, 15) is 13.2 Å². The fourth-order valence-corrected chi connectivity index (χ4v) is 4.31. The molecule has 12 heteroatoms. The van der Waals surface area contributed by atoms with E-state index in [1.54, 1.807) is 16.7 Å². The highest BCUT2D eigenvalue weighted by Gasteiger charge is 2.36. The fourth-order valence-electron chi connectivity index (χ4n) is 3.99. The van der Waals surface area contributed by atoms with Crippen LogP contribution in [0.15, 0.2) is 40.9 Å².